The second kappa shape index (κ2) is 8.21. The molecule has 1 saturated heterocycles. The maximum atomic E-state index is 5.92. The highest BCUT2D eigenvalue weighted by atomic mass is 16.7. The second-order valence-corrected chi connectivity index (χ2v) is 6.52. The lowest BCUT2D eigenvalue weighted by molar-refractivity contribution is -0.160. The van der Waals surface area contributed by atoms with E-state index in [1.165, 1.54) is 11.1 Å². The maximum absolute atomic E-state index is 5.92. The molecular weight excluding hydrogens is 336 g/mol. The van der Waals surface area contributed by atoms with E-state index in [9.17, 15) is 0 Å². The normalized spacial score (nSPS) is 16.8. The van der Waals surface area contributed by atoms with Crippen LogP contribution >= 0.6 is 0 Å². The molecule has 0 unspecified atom stereocenters. The summed E-state index contributed by atoms with van der Waals surface area (Å²) in [4.78, 5) is 0. The van der Waals surface area contributed by atoms with Crippen LogP contribution in [0.3, 0.4) is 0 Å². The summed E-state index contributed by atoms with van der Waals surface area (Å²) in [6, 6.07) is 26.7. The van der Waals surface area contributed by atoms with Gasteiger partial charge in [-0.25, -0.2) is 0 Å². The molecule has 0 bridgehead atoms. The number of rotatable bonds is 4. The van der Waals surface area contributed by atoms with Gasteiger partial charge in [-0.2, -0.15) is 0 Å². The molecule has 1 fully saturated rings. The fraction of sp³-hybridized carbons (Fsp3) is 0.167. The van der Waals surface area contributed by atoms with Crippen molar-refractivity contribution in [2.75, 3.05) is 20.3 Å². The lowest BCUT2D eigenvalue weighted by Crippen LogP contribution is -2.20. The summed E-state index contributed by atoms with van der Waals surface area (Å²) >= 11 is 0. The highest BCUT2D eigenvalue weighted by Crippen LogP contribution is 2.28. The first-order valence-corrected chi connectivity index (χ1v) is 9.04. The lowest BCUT2D eigenvalue weighted by atomic mass is 10.0. The van der Waals surface area contributed by atoms with Crippen LogP contribution in [0.5, 0.6) is 5.75 Å². The third kappa shape index (κ3) is 4.27. The third-order valence-electron chi connectivity index (χ3n) is 4.62. The Labute approximate surface area is 159 Å². The molecule has 1 heterocycles. The first kappa shape index (κ1) is 17.5. The van der Waals surface area contributed by atoms with Crippen molar-refractivity contribution >= 4 is 6.08 Å². The molecule has 1 aliphatic heterocycles. The number of ether oxygens (including phenoxy) is 3. The van der Waals surface area contributed by atoms with E-state index >= 15 is 0 Å². The Balaban J connectivity index is 1.39. The zero-order valence-corrected chi connectivity index (χ0v) is 15.3. The second-order valence-electron chi connectivity index (χ2n) is 6.52. The number of methoxy groups -OCH3 is 1. The van der Waals surface area contributed by atoms with E-state index in [4.69, 9.17) is 14.2 Å². The van der Waals surface area contributed by atoms with Crippen molar-refractivity contribution in [1.82, 2.24) is 0 Å². The molecule has 0 aromatic heterocycles. The summed E-state index contributed by atoms with van der Waals surface area (Å²) in [5.41, 5.74) is 5.67. The summed E-state index contributed by atoms with van der Waals surface area (Å²) in [5, 5.41) is 0. The van der Waals surface area contributed by atoms with Gasteiger partial charge in [0.05, 0.1) is 20.3 Å². The SMILES string of the molecule is COc1ccc(C=C2COC(c3ccc(-c4ccccc4)cc3)OC2)cc1. The van der Waals surface area contributed by atoms with E-state index in [0.29, 0.717) is 13.2 Å². The van der Waals surface area contributed by atoms with Gasteiger partial charge in [0.25, 0.3) is 0 Å². The van der Waals surface area contributed by atoms with E-state index in [2.05, 4.69) is 42.5 Å². The van der Waals surface area contributed by atoms with Gasteiger partial charge in [0.15, 0.2) is 6.29 Å². The van der Waals surface area contributed by atoms with Gasteiger partial charge < -0.3 is 14.2 Å². The van der Waals surface area contributed by atoms with E-state index in [1.807, 2.05) is 42.5 Å². The van der Waals surface area contributed by atoms with Gasteiger partial charge in [-0.1, -0.05) is 72.8 Å². The molecule has 0 spiro atoms. The quantitative estimate of drug-likeness (QED) is 0.617. The Hall–Kier alpha value is -2.88. The number of hydrogen-bond donors (Lipinski definition) is 0. The van der Waals surface area contributed by atoms with Crippen LogP contribution in [-0.2, 0) is 9.47 Å². The van der Waals surface area contributed by atoms with Gasteiger partial charge in [-0.05, 0) is 34.4 Å². The standard InChI is InChI=1S/C24H22O3/c1-25-23-13-7-18(8-14-23)15-19-16-26-24(27-17-19)22-11-9-21(10-12-22)20-5-3-2-4-6-20/h2-15,24H,16-17H2,1H3. The topological polar surface area (TPSA) is 27.7 Å². The van der Waals surface area contributed by atoms with Crippen LogP contribution in [0.2, 0.25) is 0 Å². The maximum Gasteiger partial charge on any atom is 0.184 e. The third-order valence-corrected chi connectivity index (χ3v) is 4.62. The monoisotopic (exact) mass is 358 g/mol. The fourth-order valence-corrected chi connectivity index (χ4v) is 3.13. The van der Waals surface area contributed by atoms with Crippen molar-refractivity contribution in [3.05, 3.63) is 95.6 Å². The summed E-state index contributed by atoms with van der Waals surface area (Å²) in [6.45, 7) is 1.13. The van der Waals surface area contributed by atoms with Gasteiger partial charge in [0.1, 0.15) is 5.75 Å². The Morgan fingerprint density at radius 1 is 0.778 bits per heavy atom. The van der Waals surface area contributed by atoms with Crippen LogP contribution < -0.4 is 4.74 Å². The lowest BCUT2D eigenvalue weighted by Gasteiger charge is -2.25. The van der Waals surface area contributed by atoms with Crippen molar-refractivity contribution in [2.45, 2.75) is 6.29 Å². The predicted octanol–water partition coefficient (Wildman–Crippen LogP) is 5.49. The summed E-state index contributed by atoms with van der Waals surface area (Å²) in [5.74, 6) is 0.854. The molecule has 3 nitrogen and oxygen atoms in total. The van der Waals surface area contributed by atoms with Crippen LogP contribution in [0.25, 0.3) is 17.2 Å². The van der Waals surface area contributed by atoms with Gasteiger partial charge >= 0.3 is 0 Å². The highest BCUT2D eigenvalue weighted by molar-refractivity contribution is 5.63. The van der Waals surface area contributed by atoms with E-state index in [0.717, 1.165) is 22.4 Å². The van der Waals surface area contributed by atoms with Gasteiger partial charge in [0, 0.05) is 5.56 Å². The average molecular weight is 358 g/mol. The molecule has 0 aliphatic carbocycles. The molecule has 3 heteroatoms. The van der Waals surface area contributed by atoms with Crippen LogP contribution in [0.1, 0.15) is 17.4 Å². The zero-order valence-electron chi connectivity index (χ0n) is 15.3. The van der Waals surface area contributed by atoms with Crippen LogP contribution in [-0.4, -0.2) is 20.3 Å². The Kier molecular flexibility index (Phi) is 5.33. The Morgan fingerprint density at radius 3 is 2.04 bits per heavy atom. The molecule has 0 N–H and O–H groups in total. The Bertz CT molecular complexity index is 887. The highest BCUT2D eigenvalue weighted by Gasteiger charge is 2.19. The molecule has 0 radical (unpaired) electrons. The molecule has 3 aromatic carbocycles. The molecule has 0 saturated carbocycles. The minimum absolute atomic E-state index is 0.317. The van der Waals surface area contributed by atoms with Crippen LogP contribution in [0.4, 0.5) is 0 Å². The fourth-order valence-electron chi connectivity index (χ4n) is 3.13. The van der Waals surface area contributed by atoms with Crippen molar-refractivity contribution in [1.29, 1.82) is 0 Å². The summed E-state index contributed by atoms with van der Waals surface area (Å²) in [7, 11) is 1.67. The molecule has 136 valence electrons. The Morgan fingerprint density at radius 2 is 1.41 bits per heavy atom. The first-order valence-electron chi connectivity index (χ1n) is 9.04. The average Bonchev–Trinajstić information content (AvgIpc) is 2.76. The zero-order chi connectivity index (χ0) is 18.5. The molecule has 4 rings (SSSR count). The summed E-state index contributed by atoms with van der Waals surface area (Å²) < 4.78 is 17.0. The molecule has 0 amide bonds. The summed E-state index contributed by atoms with van der Waals surface area (Å²) in [6.07, 6.45) is 1.79. The van der Waals surface area contributed by atoms with Crippen LogP contribution in [0, 0.1) is 0 Å². The predicted molar refractivity (Wildman–Crippen MR) is 107 cm³/mol. The number of hydrogen-bond acceptors (Lipinski definition) is 3. The molecule has 3 aromatic rings. The van der Waals surface area contributed by atoms with E-state index < -0.39 is 0 Å². The van der Waals surface area contributed by atoms with E-state index in [1.54, 1.807) is 7.11 Å². The molecular formula is C24H22O3. The first-order chi connectivity index (χ1) is 13.3. The molecule has 0 atom stereocenters. The van der Waals surface area contributed by atoms with E-state index in [-0.39, 0.29) is 6.29 Å². The van der Waals surface area contributed by atoms with Gasteiger partial charge in [-0.3, -0.25) is 0 Å². The minimum atomic E-state index is -0.317. The minimum Gasteiger partial charge on any atom is -0.497 e. The van der Waals surface area contributed by atoms with Gasteiger partial charge in [0.2, 0.25) is 0 Å². The van der Waals surface area contributed by atoms with Crippen molar-refractivity contribution in [3.8, 4) is 16.9 Å². The van der Waals surface area contributed by atoms with Crippen molar-refractivity contribution in [3.63, 3.8) is 0 Å². The molecule has 1 aliphatic rings. The number of benzene rings is 3. The largest absolute Gasteiger partial charge is 0.497 e. The van der Waals surface area contributed by atoms with Crippen molar-refractivity contribution in [2.24, 2.45) is 0 Å². The molecule has 27 heavy (non-hydrogen) atoms. The van der Waals surface area contributed by atoms with Gasteiger partial charge in [-0.15, -0.1) is 0 Å². The smallest absolute Gasteiger partial charge is 0.184 e. The van der Waals surface area contributed by atoms with Crippen LogP contribution in [0.15, 0.2) is 84.4 Å². The van der Waals surface area contributed by atoms with Crippen molar-refractivity contribution < 1.29 is 14.2 Å².